The molecule has 1 saturated carbocycles. The van der Waals surface area contributed by atoms with Gasteiger partial charge in [-0.25, -0.2) is 15.3 Å². The smallest absolute Gasteiger partial charge is 0.351 e. The molecule has 3 heterocycles. The van der Waals surface area contributed by atoms with Gasteiger partial charge in [0.2, 0.25) is 0 Å². The van der Waals surface area contributed by atoms with Crippen molar-refractivity contribution in [2.24, 2.45) is 4.99 Å². The summed E-state index contributed by atoms with van der Waals surface area (Å²) in [4.78, 5) is 24.6. The quantitative estimate of drug-likeness (QED) is 0.512. The number of hydrogen-bond acceptors (Lipinski definition) is 9. The number of rotatable bonds is 7. The Labute approximate surface area is 190 Å². The summed E-state index contributed by atoms with van der Waals surface area (Å²) in [6, 6.07) is 13.6. The van der Waals surface area contributed by atoms with Crippen LogP contribution in [0.2, 0.25) is 0 Å². The summed E-state index contributed by atoms with van der Waals surface area (Å²) in [5.74, 6) is 0.833. The van der Waals surface area contributed by atoms with Gasteiger partial charge in [0.15, 0.2) is 13.3 Å². The van der Waals surface area contributed by atoms with Crippen LogP contribution in [0.4, 0.5) is 17.1 Å². The molecule has 0 aromatic heterocycles. The first kappa shape index (κ1) is 19.7. The first-order valence-corrected chi connectivity index (χ1v) is 10.9. The third kappa shape index (κ3) is 3.68. The first-order chi connectivity index (χ1) is 16.1. The molecule has 170 valence electrons. The Balaban J connectivity index is 1.24. The fourth-order valence-electron chi connectivity index (χ4n) is 3.98. The van der Waals surface area contributed by atoms with E-state index in [2.05, 4.69) is 26.4 Å². The molecular weight excluding hydrogens is 424 g/mol. The van der Waals surface area contributed by atoms with Crippen LogP contribution in [0.3, 0.4) is 0 Å². The molecule has 4 N–H and O–H groups in total. The van der Waals surface area contributed by atoms with Gasteiger partial charge in [-0.2, -0.15) is 0 Å². The molecule has 1 saturated heterocycles. The molecule has 6 rings (SSSR count). The topological polar surface area (TPSA) is 108 Å². The van der Waals surface area contributed by atoms with Crippen molar-refractivity contribution in [1.29, 1.82) is 0 Å². The Kier molecular flexibility index (Phi) is 4.54. The van der Waals surface area contributed by atoms with Gasteiger partial charge in [0.05, 0.1) is 11.4 Å². The van der Waals surface area contributed by atoms with Crippen LogP contribution in [-0.2, 0) is 9.63 Å². The zero-order chi connectivity index (χ0) is 22.4. The van der Waals surface area contributed by atoms with Gasteiger partial charge in [-0.1, -0.05) is 6.07 Å². The van der Waals surface area contributed by atoms with E-state index in [1.54, 1.807) is 6.21 Å². The van der Waals surface area contributed by atoms with Gasteiger partial charge in [0.1, 0.15) is 17.3 Å². The second kappa shape index (κ2) is 7.59. The number of hydrogen-bond donors (Lipinski definition) is 4. The lowest BCUT2D eigenvalue weighted by molar-refractivity contribution is -0.123. The molecule has 4 aliphatic rings. The molecular formula is C23H24N6O4. The van der Waals surface area contributed by atoms with Crippen LogP contribution < -0.4 is 35.8 Å². The molecule has 1 unspecified atom stereocenters. The van der Waals surface area contributed by atoms with Crippen LogP contribution in [0, 0.1) is 0 Å². The van der Waals surface area contributed by atoms with Crippen molar-refractivity contribution in [3.8, 4) is 11.5 Å². The molecule has 2 aromatic rings. The largest absolute Gasteiger partial charge is 0.484 e. The van der Waals surface area contributed by atoms with Crippen LogP contribution in [0.15, 0.2) is 58.9 Å². The van der Waals surface area contributed by atoms with Gasteiger partial charge in [-0.15, -0.1) is 0 Å². The molecule has 2 bridgehead atoms. The highest BCUT2D eigenvalue weighted by atomic mass is 16.7. The van der Waals surface area contributed by atoms with E-state index in [9.17, 15) is 4.79 Å². The summed E-state index contributed by atoms with van der Waals surface area (Å²) in [6.45, 7) is 2.39. The minimum Gasteiger partial charge on any atom is -0.484 e. The predicted octanol–water partition coefficient (Wildman–Crippen LogP) is 2.49. The zero-order valence-corrected chi connectivity index (χ0v) is 18.1. The number of aliphatic imine (C=N–C) groups is 1. The minimum atomic E-state index is -1.23. The van der Waals surface area contributed by atoms with Gasteiger partial charge >= 0.3 is 5.97 Å². The minimum absolute atomic E-state index is 0.0241. The van der Waals surface area contributed by atoms with Crippen molar-refractivity contribution in [3.05, 3.63) is 53.9 Å². The van der Waals surface area contributed by atoms with Crippen molar-refractivity contribution in [3.63, 3.8) is 0 Å². The van der Waals surface area contributed by atoms with E-state index in [0.29, 0.717) is 18.5 Å². The Morgan fingerprint density at radius 1 is 1.30 bits per heavy atom. The maximum absolute atomic E-state index is 12.0. The van der Waals surface area contributed by atoms with E-state index in [1.165, 1.54) is 0 Å². The van der Waals surface area contributed by atoms with Crippen molar-refractivity contribution in [2.75, 3.05) is 28.9 Å². The highest BCUT2D eigenvalue weighted by molar-refractivity contribution is 5.85. The maximum Gasteiger partial charge on any atom is 0.351 e. The van der Waals surface area contributed by atoms with Crippen LogP contribution in [0.5, 0.6) is 11.5 Å². The lowest BCUT2D eigenvalue weighted by Gasteiger charge is -2.36. The van der Waals surface area contributed by atoms with E-state index in [1.807, 2.05) is 54.3 Å². The molecule has 1 amide bonds. The molecule has 2 aromatic carbocycles. The number of hydroxylamine groups is 1. The number of carbonyl (C=O) groups excluding carboxylic acids is 1. The van der Waals surface area contributed by atoms with Gasteiger partial charge < -0.3 is 25.4 Å². The Bertz CT molecular complexity index is 1180. The van der Waals surface area contributed by atoms with E-state index < -0.39 is 5.97 Å². The van der Waals surface area contributed by atoms with Crippen LogP contribution >= 0.6 is 0 Å². The van der Waals surface area contributed by atoms with Crippen molar-refractivity contribution < 1.29 is 19.1 Å². The number of nitrogens with zero attached hydrogens (tertiary/aromatic N) is 2. The average molecular weight is 448 g/mol. The zero-order valence-electron chi connectivity index (χ0n) is 18.1. The number of benzene rings is 2. The normalized spacial score (nSPS) is 22.3. The molecule has 3 aliphatic heterocycles. The number of nitrogens with one attached hydrogen (secondary N) is 4. The van der Waals surface area contributed by atoms with Gasteiger partial charge in [-0.3, -0.25) is 9.69 Å². The second-order valence-corrected chi connectivity index (χ2v) is 8.37. The van der Waals surface area contributed by atoms with E-state index in [4.69, 9.17) is 14.3 Å². The third-order valence-corrected chi connectivity index (χ3v) is 5.79. The number of ether oxygens (including phenoxy) is 2. The molecule has 10 nitrogen and oxygen atoms in total. The predicted molar refractivity (Wildman–Crippen MR) is 123 cm³/mol. The van der Waals surface area contributed by atoms with Gasteiger partial charge in [0, 0.05) is 29.6 Å². The second-order valence-electron chi connectivity index (χ2n) is 8.37. The average Bonchev–Trinajstić information content (AvgIpc) is 3.41. The third-order valence-electron chi connectivity index (χ3n) is 5.79. The van der Waals surface area contributed by atoms with Crippen molar-refractivity contribution >= 4 is 29.2 Å². The Morgan fingerprint density at radius 3 is 3.09 bits per heavy atom. The van der Waals surface area contributed by atoms with E-state index >= 15 is 0 Å². The maximum atomic E-state index is 12.0. The number of allylic oxidation sites excluding steroid dienone is 1. The molecule has 10 heteroatoms. The summed E-state index contributed by atoms with van der Waals surface area (Å²) in [5, 5.41) is 9.50. The molecule has 1 atom stereocenters. The van der Waals surface area contributed by atoms with Gasteiger partial charge in [-0.05, 0) is 50.1 Å². The fraction of sp³-hybridized carbons (Fsp3) is 0.304. The number of carbonyl (C=O) groups is 1. The summed E-state index contributed by atoms with van der Waals surface area (Å²) in [6.07, 6.45) is 3.86. The lowest BCUT2D eigenvalue weighted by Crippen LogP contribution is -2.51. The standard InChI is InChI=1S/C23H24N6O4/c1-14-11-25-23(27-16-3-2-4-18(9-16)31-12-21(30)26-15-5-6-15)29(22(14)28-33-23)17-7-8-20-19(10-17)24-13-32-20/h2-4,7-11,15,24,27-28H,5-6,12-13H2,1H3,(H,26,30). The van der Waals surface area contributed by atoms with E-state index in [-0.39, 0.29) is 12.5 Å². The molecule has 1 aliphatic carbocycles. The van der Waals surface area contributed by atoms with Crippen LogP contribution in [-0.4, -0.2) is 37.5 Å². The Hall–Kier alpha value is -3.92. The number of anilines is 3. The first-order valence-electron chi connectivity index (χ1n) is 10.9. The highest BCUT2D eigenvalue weighted by Crippen LogP contribution is 2.42. The molecule has 2 fully saturated rings. The monoisotopic (exact) mass is 448 g/mol. The van der Waals surface area contributed by atoms with E-state index in [0.717, 1.165) is 47.0 Å². The lowest BCUT2D eigenvalue weighted by atomic mass is 10.2. The molecule has 0 radical (unpaired) electrons. The van der Waals surface area contributed by atoms with Gasteiger partial charge in [0.25, 0.3) is 5.91 Å². The summed E-state index contributed by atoms with van der Waals surface area (Å²) in [5.41, 5.74) is 6.46. The molecule has 0 spiro atoms. The number of amides is 1. The summed E-state index contributed by atoms with van der Waals surface area (Å²) < 4.78 is 11.2. The van der Waals surface area contributed by atoms with Crippen LogP contribution in [0.1, 0.15) is 19.8 Å². The Morgan fingerprint density at radius 2 is 2.21 bits per heavy atom. The SMILES string of the molecule is CC1=C2NOC(Nc3cccc(OCC(=O)NC4CC4)c3)(N=C1)N2c1ccc2c(c1)NCO2. The molecule has 33 heavy (non-hydrogen) atoms. The number of fused-ring (bicyclic) bond motifs is 3. The van der Waals surface area contributed by atoms with Crippen molar-refractivity contribution in [1.82, 2.24) is 10.8 Å². The highest BCUT2D eigenvalue weighted by Gasteiger charge is 2.49. The summed E-state index contributed by atoms with van der Waals surface area (Å²) in [7, 11) is 0. The fourth-order valence-corrected chi connectivity index (χ4v) is 3.98. The van der Waals surface area contributed by atoms with Crippen LogP contribution in [0.25, 0.3) is 0 Å². The van der Waals surface area contributed by atoms with Crippen molar-refractivity contribution in [2.45, 2.75) is 31.8 Å². The summed E-state index contributed by atoms with van der Waals surface area (Å²) >= 11 is 0.